The van der Waals surface area contributed by atoms with Crippen LogP contribution in [0.2, 0.25) is 0 Å². The van der Waals surface area contributed by atoms with E-state index in [-0.39, 0.29) is 50.7 Å². The molecule has 2 aromatic carbocycles. The maximum Gasteiger partial charge on any atom is 0.416 e. The number of alkyl halides is 3. The van der Waals surface area contributed by atoms with Crippen molar-refractivity contribution in [2.75, 3.05) is 26.7 Å². The molecule has 1 aliphatic heterocycles. The van der Waals surface area contributed by atoms with Crippen LogP contribution in [0.25, 0.3) is 0 Å². The highest BCUT2D eigenvalue weighted by molar-refractivity contribution is 5.84. The molecule has 0 saturated carbocycles. The van der Waals surface area contributed by atoms with Crippen LogP contribution in [0, 0.1) is 5.82 Å². The van der Waals surface area contributed by atoms with Crippen LogP contribution >= 0.6 is 0 Å². The predicted molar refractivity (Wildman–Crippen MR) is 128 cm³/mol. The Morgan fingerprint density at radius 2 is 1.97 bits per heavy atom. The van der Waals surface area contributed by atoms with Crippen molar-refractivity contribution in [2.24, 2.45) is 0 Å². The number of amides is 2. The van der Waals surface area contributed by atoms with Gasteiger partial charge in [0.1, 0.15) is 0 Å². The van der Waals surface area contributed by atoms with Crippen LogP contribution in [-0.4, -0.2) is 60.7 Å². The minimum atomic E-state index is -4.46. The molecule has 3 rings (SSSR count). The number of likely N-dealkylation sites (N-methyl/N-ethyl adjacent to an activating group) is 1. The molecule has 1 aliphatic rings. The van der Waals surface area contributed by atoms with Gasteiger partial charge >= 0.3 is 6.18 Å². The molecule has 0 saturated heterocycles. The Labute approximate surface area is 212 Å². The fraction of sp³-hybridized carbons (Fsp3) is 0.462. The quantitative estimate of drug-likeness (QED) is 0.523. The lowest BCUT2D eigenvalue weighted by Gasteiger charge is -2.26. The maximum absolute atomic E-state index is 14.2. The van der Waals surface area contributed by atoms with Gasteiger partial charge in [0.2, 0.25) is 11.8 Å². The van der Waals surface area contributed by atoms with Crippen molar-refractivity contribution in [3.05, 3.63) is 65.0 Å². The summed E-state index contributed by atoms with van der Waals surface area (Å²) in [5.41, 5.74) is 0.223. The lowest BCUT2D eigenvalue weighted by molar-refractivity contribution is -0.137. The van der Waals surface area contributed by atoms with Crippen molar-refractivity contribution in [1.29, 1.82) is 0 Å². The highest BCUT2D eigenvalue weighted by Gasteiger charge is 2.30. The van der Waals surface area contributed by atoms with Gasteiger partial charge in [-0.2, -0.15) is 13.2 Å². The molecule has 2 bridgehead atoms. The van der Waals surface area contributed by atoms with Crippen molar-refractivity contribution >= 4 is 11.8 Å². The number of nitrogens with one attached hydrogen (secondary N) is 2. The Bertz CT molecular complexity index is 1080. The minimum absolute atomic E-state index is 0.0399. The smallest absolute Gasteiger partial charge is 0.416 e. The predicted octanol–water partition coefficient (Wildman–Crippen LogP) is 3.04. The van der Waals surface area contributed by atoms with E-state index in [0.717, 1.165) is 12.1 Å². The topological polar surface area (TPSA) is 90.9 Å². The average Bonchev–Trinajstić information content (AvgIpc) is 2.84. The number of hydrogen-bond donors (Lipinski definition) is 3. The third-order valence-corrected chi connectivity index (χ3v) is 6.05. The summed E-state index contributed by atoms with van der Waals surface area (Å²) >= 11 is 0. The zero-order valence-corrected chi connectivity index (χ0v) is 20.5. The second-order valence-electron chi connectivity index (χ2n) is 9.09. The summed E-state index contributed by atoms with van der Waals surface area (Å²) in [6, 6.07) is 8.30. The molecule has 0 radical (unpaired) electrons. The van der Waals surface area contributed by atoms with Crippen LogP contribution in [0.1, 0.15) is 36.0 Å². The number of hydrogen-bond acceptors (Lipinski definition) is 5. The summed E-state index contributed by atoms with van der Waals surface area (Å²) in [5.74, 6) is -1.21. The van der Waals surface area contributed by atoms with Gasteiger partial charge in [-0.1, -0.05) is 24.3 Å². The van der Waals surface area contributed by atoms with Gasteiger partial charge in [0.15, 0.2) is 11.6 Å². The summed E-state index contributed by atoms with van der Waals surface area (Å²) in [7, 11) is 1.51. The van der Waals surface area contributed by atoms with Crippen LogP contribution in [0.4, 0.5) is 17.6 Å². The van der Waals surface area contributed by atoms with Crippen LogP contribution < -0.4 is 15.4 Å². The molecular weight excluding hydrogens is 494 g/mol. The molecule has 0 spiro atoms. The monoisotopic (exact) mass is 525 g/mol. The third kappa shape index (κ3) is 8.71. The average molecular weight is 526 g/mol. The van der Waals surface area contributed by atoms with Gasteiger partial charge in [-0.3, -0.25) is 9.59 Å². The van der Waals surface area contributed by atoms with Gasteiger partial charge in [0.25, 0.3) is 0 Å². The standard InChI is InChI=1S/C26H31F4N3O4/c1-33-16-24(35)32-21(22(34)15-31-14-18-5-4-6-19(11-18)26(28,29)30)12-17-8-9-20(27)23(13-17)37-10-3-2-7-25(33)36/h4-6,8-9,11,13,21-22,31,34H,2-3,7,10,12,14-16H2,1H3,(H,32,35). The van der Waals surface area contributed by atoms with Gasteiger partial charge in [0.05, 0.1) is 30.9 Å². The van der Waals surface area contributed by atoms with E-state index in [1.54, 1.807) is 0 Å². The number of carbonyl (C=O) groups is 2. The van der Waals surface area contributed by atoms with E-state index >= 15 is 0 Å². The molecule has 0 aromatic heterocycles. The van der Waals surface area contributed by atoms with Gasteiger partial charge in [-0.15, -0.1) is 0 Å². The normalized spacial score (nSPS) is 18.9. The van der Waals surface area contributed by atoms with Crippen molar-refractivity contribution < 1.29 is 37.0 Å². The number of fused-ring (bicyclic) bond motifs is 2. The molecule has 11 heteroatoms. The van der Waals surface area contributed by atoms with Crippen LogP contribution in [0.5, 0.6) is 5.75 Å². The Balaban J connectivity index is 1.72. The summed E-state index contributed by atoms with van der Waals surface area (Å²) < 4.78 is 58.6. The van der Waals surface area contributed by atoms with Crippen molar-refractivity contribution in [3.63, 3.8) is 0 Å². The van der Waals surface area contributed by atoms with Crippen molar-refractivity contribution in [3.8, 4) is 5.75 Å². The summed E-state index contributed by atoms with van der Waals surface area (Å²) in [4.78, 5) is 26.3. The highest BCUT2D eigenvalue weighted by Crippen LogP contribution is 2.29. The summed E-state index contributed by atoms with van der Waals surface area (Å²) in [5, 5.41) is 16.5. The Morgan fingerprint density at radius 3 is 2.73 bits per heavy atom. The molecule has 37 heavy (non-hydrogen) atoms. The first-order chi connectivity index (χ1) is 17.5. The second kappa shape index (κ2) is 12.9. The molecule has 7 nitrogen and oxygen atoms in total. The molecule has 2 unspecified atom stereocenters. The zero-order chi connectivity index (χ0) is 27.0. The molecule has 2 atom stereocenters. The second-order valence-corrected chi connectivity index (χ2v) is 9.09. The Hall–Kier alpha value is -3.18. The Kier molecular flexibility index (Phi) is 9.87. The van der Waals surface area contributed by atoms with Gasteiger partial charge in [0, 0.05) is 26.6 Å². The van der Waals surface area contributed by atoms with Crippen molar-refractivity contribution in [2.45, 2.75) is 50.6 Å². The van der Waals surface area contributed by atoms with Crippen LogP contribution in [0.3, 0.4) is 0 Å². The van der Waals surface area contributed by atoms with Gasteiger partial charge in [-0.25, -0.2) is 4.39 Å². The first kappa shape index (κ1) is 28.4. The first-order valence-electron chi connectivity index (χ1n) is 12.0. The third-order valence-electron chi connectivity index (χ3n) is 6.05. The van der Waals surface area contributed by atoms with Crippen LogP contribution in [-0.2, 0) is 28.7 Å². The van der Waals surface area contributed by atoms with E-state index in [4.69, 9.17) is 4.74 Å². The molecule has 1 heterocycles. The van der Waals surface area contributed by atoms with E-state index < -0.39 is 35.6 Å². The minimum Gasteiger partial charge on any atom is -0.491 e. The molecule has 0 aliphatic carbocycles. The fourth-order valence-electron chi connectivity index (χ4n) is 3.99. The lowest BCUT2D eigenvalue weighted by atomic mass is 10.00. The molecule has 3 N–H and O–H groups in total. The zero-order valence-electron chi connectivity index (χ0n) is 20.5. The number of carbonyl (C=O) groups excluding carboxylic acids is 2. The Morgan fingerprint density at radius 1 is 1.19 bits per heavy atom. The van der Waals surface area contributed by atoms with E-state index in [1.807, 2.05) is 0 Å². The number of benzene rings is 2. The van der Waals surface area contributed by atoms with Gasteiger partial charge in [-0.05, 0) is 48.6 Å². The highest BCUT2D eigenvalue weighted by atomic mass is 19.4. The number of nitrogens with zero attached hydrogens (tertiary/aromatic N) is 1. The molecule has 202 valence electrons. The maximum atomic E-state index is 14.2. The lowest BCUT2D eigenvalue weighted by Crippen LogP contribution is -2.51. The van der Waals surface area contributed by atoms with E-state index in [2.05, 4.69) is 10.6 Å². The fourth-order valence-corrected chi connectivity index (χ4v) is 3.99. The van der Waals surface area contributed by atoms with Crippen LogP contribution in [0.15, 0.2) is 42.5 Å². The number of ether oxygens (including phenoxy) is 1. The van der Waals surface area contributed by atoms with E-state index in [9.17, 15) is 32.3 Å². The number of halogens is 4. The number of aliphatic hydroxyl groups excluding tert-OH is 1. The number of rotatable bonds is 5. The first-order valence-corrected chi connectivity index (χ1v) is 12.0. The summed E-state index contributed by atoms with van der Waals surface area (Å²) in [6.45, 7) is 0.0406. The van der Waals surface area contributed by atoms with Crippen molar-refractivity contribution in [1.82, 2.24) is 15.5 Å². The molecule has 0 fully saturated rings. The molecular formula is C26H31F4N3O4. The molecule has 2 amide bonds. The SMILES string of the molecule is CN1CC(=O)NC(C(O)CNCc2cccc(C(F)(F)F)c2)Cc2ccc(F)c(c2)OCCCCC1=O. The van der Waals surface area contributed by atoms with E-state index in [0.29, 0.717) is 24.0 Å². The largest absolute Gasteiger partial charge is 0.491 e. The summed E-state index contributed by atoms with van der Waals surface area (Å²) in [6.07, 6.45) is -4.20. The van der Waals surface area contributed by atoms with E-state index in [1.165, 1.54) is 42.3 Å². The molecule has 2 aromatic rings. The number of aliphatic hydroxyl groups is 1. The van der Waals surface area contributed by atoms with Gasteiger partial charge < -0.3 is 25.4 Å².